The number of benzene rings is 1. The van der Waals surface area contributed by atoms with E-state index in [2.05, 4.69) is 29.3 Å². The van der Waals surface area contributed by atoms with Gasteiger partial charge in [0.1, 0.15) is 0 Å². The normalized spacial score (nSPS) is 26.0. The van der Waals surface area contributed by atoms with Crippen LogP contribution in [-0.2, 0) is 11.2 Å². The van der Waals surface area contributed by atoms with Crippen molar-refractivity contribution in [2.24, 2.45) is 5.92 Å². The highest BCUT2D eigenvalue weighted by Crippen LogP contribution is 2.25. The van der Waals surface area contributed by atoms with Gasteiger partial charge in [0.15, 0.2) is 0 Å². The van der Waals surface area contributed by atoms with Crippen LogP contribution in [-0.4, -0.2) is 36.5 Å². The lowest BCUT2D eigenvalue weighted by atomic mass is 9.89. The summed E-state index contributed by atoms with van der Waals surface area (Å²) in [5, 5.41) is 3.61. The number of nitrogens with one attached hydrogen (secondary N) is 1. The van der Waals surface area contributed by atoms with Crippen LogP contribution in [0.15, 0.2) is 24.3 Å². The molecule has 3 nitrogen and oxygen atoms in total. The largest absolute Gasteiger partial charge is 0.342 e. The van der Waals surface area contributed by atoms with Crippen LogP contribution in [0, 0.1) is 12.8 Å². The molecule has 0 saturated carbocycles. The van der Waals surface area contributed by atoms with E-state index in [0.29, 0.717) is 24.3 Å². The van der Waals surface area contributed by atoms with E-state index in [4.69, 9.17) is 0 Å². The third-order valence-electron chi connectivity index (χ3n) is 5.08. The fourth-order valence-electron chi connectivity index (χ4n) is 3.76. The first-order valence-electron chi connectivity index (χ1n) is 8.29. The number of hydrogen-bond acceptors (Lipinski definition) is 2. The molecule has 0 aliphatic carbocycles. The van der Waals surface area contributed by atoms with Crippen LogP contribution in [0.1, 0.15) is 36.8 Å². The molecule has 2 aliphatic rings. The van der Waals surface area contributed by atoms with Crippen LogP contribution in [0.5, 0.6) is 0 Å². The molecule has 2 saturated heterocycles. The zero-order chi connectivity index (χ0) is 14.7. The molecule has 2 aliphatic heterocycles. The van der Waals surface area contributed by atoms with Gasteiger partial charge < -0.3 is 10.2 Å². The van der Waals surface area contributed by atoms with Crippen LogP contribution < -0.4 is 5.32 Å². The lowest BCUT2D eigenvalue weighted by Gasteiger charge is -2.36. The Morgan fingerprint density at radius 1 is 1.29 bits per heavy atom. The molecule has 114 valence electrons. The second kappa shape index (κ2) is 6.61. The summed E-state index contributed by atoms with van der Waals surface area (Å²) < 4.78 is 0. The van der Waals surface area contributed by atoms with E-state index < -0.39 is 0 Å². The van der Waals surface area contributed by atoms with E-state index in [1.54, 1.807) is 0 Å². The molecule has 2 atom stereocenters. The van der Waals surface area contributed by atoms with Crippen molar-refractivity contribution in [3.8, 4) is 0 Å². The monoisotopic (exact) mass is 286 g/mol. The van der Waals surface area contributed by atoms with Gasteiger partial charge in [-0.2, -0.15) is 0 Å². The summed E-state index contributed by atoms with van der Waals surface area (Å²) in [4.78, 5) is 14.7. The first-order valence-corrected chi connectivity index (χ1v) is 8.29. The Kier molecular flexibility index (Phi) is 4.59. The number of carbonyl (C=O) groups is 1. The number of carbonyl (C=O) groups excluding carboxylic acids is 1. The maximum atomic E-state index is 12.6. The number of hydrogen-bond donors (Lipinski definition) is 1. The molecular weight excluding hydrogens is 260 g/mol. The van der Waals surface area contributed by atoms with Crippen LogP contribution in [0.4, 0.5) is 0 Å². The SMILES string of the molecule is Cc1ccccc1CC(=O)N1CCCC(C2CCCN2)C1. The van der Waals surface area contributed by atoms with Gasteiger partial charge in [-0.05, 0) is 56.2 Å². The third-order valence-corrected chi connectivity index (χ3v) is 5.08. The van der Waals surface area contributed by atoms with Gasteiger partial charge in [-0.25, -0.2) is 0 Å². The van der Waals surface area contributed by atoms with Crippen molar-refractivity contribution < 1.29 is 4.79 Å². The summed E-state index contributed by atoms with van der Waals surface area (Å²) in [6.07, 6.45) is 5.55. The molecule has 0 radical (unpaired) electrons. The summed E-state index contributed by atoms with van der Waals surface area (Å²) in [6.45, 7) is 5.12. The summed E-state index contributed by atoms with van der Waals surface area (Å²) in [5.41, 5.74) is 2.39. The highest BCUT2D eigenvalue weighted by atomic mass is 16.2. The zero-order valence-electron chi connectivity index (χ0n) is 13.0. The molecule has 21 heavy (non-hydrogen) atoms. The number of amides is 1. The third kappa shape index (κ3) is 3.46. The van der Waals surface area contributed by atoms with Crippen molar-refractivity contribution in [2.45, 2.75) is 45.1 Å². The van der Waals surface area contributed by atoms with Crippen LogP contribution >= 0.6 is 0 Å². The highest BCUT2D eigenvalue weighted by Gasteiger charge is 2.30. The molecule has 2 fully saturated rings. The average molecular weight is 286 g/mol. The van der Waals surface area contributed by atoms with Crippen molar-refractivity contribution in [2.75, 3.05) is 19.6 Å². The maximum Gasteiger partial charge on any atom is 0.227 e. The number of aryl methyl sites for hydroxylation is 1. The van der Waals surface area contributed by atoms with E-state index >= 15 is 0 Å². The minimum atomic E-state index is 0.298. The summed E-state index contributed by atoms with van der Waals surface area (Å²) in [5.74, 6) is 0.953. The molecule has 1 amide bonds. The van der Waals surface area contributed by atoms with E-state index in [9.17, 15) is 4.79 Å². The Balaban J connectivity index is 1.60. The van der Waals surface area contributed by atoms with E-state index in [1.165, 1.54) is 30.4 Å². The standard InChI is InChI=1S/C18H26N2O/c1-14-6-2-3-7-15(14)12-18(21)20-11-5-8-16(13-20)17-9-4-10-19-17/h2-3,6-7,16-17,19H,4-5,8-13H2,1H3. The van der Waals surface area contributed by atoms with Gasteiger partial charge in [0.05, 0.1) is 6.42 Å². The van der Waals surface area contributed by atoms with Gasteiger partial charge in [-0.3, -0.25) is 4.79 Å². The van der Waals surface area contributed by atoms with Gasteiger partial charge in [0.25, 0.3) is 0 Å². The van der Waals surface area contributed by atoms with Gasteiger partial charge in [0.2, 0.25) is 5.91 Å². The predicted octanol–water partition coefficient (Wildman–Crippen LogP) is 2.53. The van der Waals surface area contributed by atoms with Crippen LogP contribution in [0.25, 0.3) is 0 Å². The molecular formula is C18H26N2O. The highest BCUT2D eigenvalue weighted by molar-refractivity contribution is 5.79. The Hall–Kier alpha value is -1.35. The predicted molar refractivity (Wildman–Crippen MR) is 85.2 cm³/mol. The molecule has 2 unspecified atom stereocenters. The molecule has 3 heteroatoms. The first kappa shape index (κ1) is 14.6. The van der Waals surface area contributed by atoms with Crippen molar-refractivity contribution in [3.63, 3.8) is 0 Å². The number of rotatable bonds is 3. The Morgan fingerprint density at radius 3 is 2.90 bits per heavy atom. The molecule has 3 rings (SSSR count). The van der Waals surface area contributed by atoms with Gasteiger partial charge in [0, 0.05) is 19.1 Å². The second-order valence-corrected chi connectivity index (χ2v) is 6.55. The Bertz CT molecular complexity index is 494. The van der Waals surface area contributed by atoms with Gasteiger partial charge in [-0.1, -0.05) is 24.3 Å². The topological polar surface area (TPSA) is 32.3 Å². The molecule has 0 aromatic heterocycles. The van der Waals surface area contributed by atoms with Crippen molar-refractivity contribution >= 4 is 5.91 Å². The molecule has 1 aromatic rings. The average Bonchev–Trinajstić information content (AvgIpc) is 3.04. The minimum Gasteiger partial charge on any atom is -0.342 e. The maximum absolute atomic E-state index is 12.6. The van der Waals surface area contributed by atoms with Crippen molar-refractivity contribution in [3.05, 3.63) is 35.4 Å². The van der Waals surface area contributed by atoms with E-state index in [-0.39, 0.29) is 0 Å². The van der Waals surface area contributed by atoms with E-state index in [0.717, 1.165) is 26.1 Å². The molecule has 2 heterocycles. The fraction of sp³-hybridized carbons (Fsp3) is 0.611. The van der Waals surface area contributed by atoms with Crippen LogP contribution in [0.3, 0.4) is 0 Å². The lowest BCUT2D eigenvalue weighted by molar-refractivity contribution is -0.132. The summed E-state index contributed by atoms with van der Waals surface area (Å²) >= 11 is 0. The number of piperidine rings is 1. The fourth-order valence-corrected chi connectivity index (χ4v) is 3.76. The lowest BCUT2D eigenvalue weighted by Crippen LogP contribution is -2.46. The van der Waals surface area contributed by atoms with Crippen LogP contribution in [0.2, 0.25) is 0 Å². The Morgan fingerprint density at radius 2 is 2.14 bits per heavy atom. The second-order valence-electron chi connectivity index (χ2n) is 6.55. The quantitative estimate of drug-likeness (QED) is 0.926. The first-order chi connectivity index (χ1) is 10.2. The van der Waals surface area contributed by atoms with Crippen molar-refractivity contribution in [1.29, 1.82) is 0 Å². The minimum absolute atomic E-state index is 0.298. The Labute approximate surface area is 127 Å². The molecule has 1 aromatic carbocycles. The zero-order valence-corrected chi connectivity index (χ0v) is 13.0. The molecule has 0 bridgehead atoms. The van der Waals surface area contributed by atoms with Crippen molar-refractivity contribution in [1.82, 2.24) is 10.2 Å². The number of nitrogens with zero attached hydrogens (tertiary/aromatic N) is 1. The van der Waals surface area contributed by atoms with Gasteiger partial charge >= 0.3 is 0 Å². The summed E-state index contributed by atoms with van der Waals surface area (Å²) in [7, 11) is 0. The van der Waals surface area contributed by atoms with E-state index in [1.807, 2.05) is 12.1 Å². The van der Waals surface area contributed by atoms with Gasteiger partial charge in [-0.15, -0.1) is 0 Å². The molecule has 0 spiro atoms. The smallest absolute Gasteiger partial charge is 0.227 e. The number of likely N-dealkylation sites (tertiary alicyclic amines) is 1. The molecule has 1 N–H and O–H groups in total. The summed E-state index contributed by atoms with van der Waals surface area (Å²) in [6, 6.07) is 8.86.